The van der Waals surface area contributed by atoms with Crippen molar-refractivity contribution >= 4 is 17.4 Å². The van der Waals surface area contributed by atoms with Crippen molar-refractivity contribution in [3.63, 3.8) is 0 Å². The van der Waals surface area contributed by atoms with Gasteiger partial charge in [-0.3, -0.25) is 0 Å². The van der Waals surface area contributed by atoms with Crippen LogP contribution < -0.4 is 4.90 Å². The molecule has 1 aliphatic heterocycles. The zero-order valence-corrected chi connectivity index (χ0v) is 13.4. The molecule has 0 bridgehead atoms. The molecule has 0 aromatic heterocycles. The number of aryl methyl sites for hydroxylation is 2. The van der Waals surface area contributed by atoms with Crippen LogP contribution in [0, 0.1) is 13.8 Å². The molecule has 0 saturated carbocycles. The Morgan fingerprint density at radius 2 is 1.75 bits per heavy atom. The molecule has 104 valence electrons. The van der Waals surface area contributed by atoms with Crippen molar-refractivity contribution in [2.24, 2.45) is 0 Å². The van der Waals surface area contributed by atoms with E-state index in [4.69, 9.17) is 0 Å². The molecule has 0 saturated heterocycles. The van der Waals surface area contributed by atoms with Gasteiger partial charge in [0.25, 0.3) is 0 Å². The SMILES string of the molecule is Cc1cc(C)c2c(c1)C(C)(C)N(c1ccccc1)CS2. The molecule has 2 aromatic rings. The maximum atomic E-state index is 2.50. The summed E-state index contributed by atoms with van der Waals surface area (Å²) in [6.45, 7) is 9.08. The predicted octanol–water partition coefficient (Wildman–Crippen LogP) is 5.11. The second kappa shape index (κ2) is 4.85. The molecule has 0 fully saturated rings. The molecule has 2 heteroatoms. The first-order valence-corrected chi connectivity index (χ1v) is 8.06. The Labute approximate surface area is 126 Å². The average molecular weight is 283 g/mol. The average Bonchev–Trinajstić information content (AvgIpc) is 2.40. The summed E-state index contributed by atoms with van der Waals surface area (Å²) in [5.74, 6) is 1.01. The van der Waals surface area contributed by atoms with E-state index in [0.29, 0.717) is 0 Å². The minimum absolute atomic E-state index is 0.0265. The summed E-state index contributed by atoms with van der Waals surface area (Å²) in [7, 11) is 0. The van der Waals surface area contributed by atoms with Crippen LogP contribution in [0.5, 0.6) is 0 Å². The molecule has 0 aliphatic carbocycles. The molecule has 3 rings (SSSR count). The molecule has 1 aliphatic rings. The lowest BCUT2D eigenvalue weighted by atomic mass is 9.89. The van der Waals surface area contributed by atoms with E-state index < -0.39 is 0 Å². The van der Waals surface area contributed by atoms with Crippen LogP contribution in [0.2, 0.25) is 0 Å². The molecule has 0 unspecified atom stereocenters. The fourth-order valence-electron chi connectivity index (χ4n) is 3.04. The van der Waals surface area contributed by atoms with Gasteiger partial charge in [-0.15, -0.1) is 11.8 Å². The summed E-state index contributed by atoms with van der Waals surface area (Å²) in [6, 6.07) is 15.4. The third-order valence-corrected chi connectivity index (χ3v) is 5.38. The first-order chi connectivity index (χ1) is 9.50. The van der Waals surface area contributed by atoms with E-state index in [2.05, 4.69) is 75.1 Å². The predicted molar refractivity (Wildman–Crippen MR) is 88.6 cm³/mol. The molecule has 20 heavy (non-hydrogen) atoms. The van der Waals surface area contributed by atoms with E-state index in [9.17, 15) is 0 Å². The van der Waals surface area contributed by atoms with Crippen LogP contribution in [0.4, 0.5) is 5.69 Å². The van der Waals surface area contributed by atoms with Gasteiger partial charge in [0.15, 0.2) is 0 Å². The van der Waals surface area contributed by atoms with Gasteiger partial charge in [0.2, 0.25) is 0 Å². The minimum atomic E-state index is 0.0265. The number of hydrogen-bond donors (Lipinski definition) is 0. The van der Waals surface area contributed by atoms with Crippen molar-refractivity contribution in [3.8, 4) is 0 Å². The Morgan fingerprint density at radius 3 is 2.45 bits per heavy atom. The standard InChI is InChI=1S/C18H21NS/c1-13-10-14(2)17-16(11-13)18(3,4)19(12-20-17)15-8-6-5-7-9-15/h5-11H,12H2,1-4H3. The van der Waals surface area contributed by atoms with Crippen molar-refractivity contribution in [3.05, 3.63) is 59.2 Å². The molecule has 0 amide bonds. The monoisotopic (exact) mass is 283 g/mol. The maximum Gasteiger partial charge on any atom is 0.0694 e. The Morgan fingerprint density at radius 1 is 1.05 bits per heavy atom. The van der Waals surface area contributed by atoms with Gasteiger partial charge in [-0.1, -0.05) is 35.9 Å². The summed E-state index contributed by atoms with van der Waals surface area (Å²) < 4.78 is 0. The van der Waals surface area contributed by atoms with Gasteiger partial charge in [-0.05, 0) is 51.0 Å². The smallest absolute Gasteiger partial charge is 0.0694 e. The van der Waals surface area contributed by atoms with Crippen molar-refractivity contribution in [2.75, 3.05) is 10.8 Å². The summed E-state index contributed by atoms with van der Waals surface area (Å²) in [4.78, 5) is 3.96. The molecule has 0 N–H and O–H groups in total. The van der Waals surface area contributed by atoms with Gasteiger partial charge in [0.1, 0.15) is 0 Å². The van der Waals surface area contributed by atoms with E-state index in [1.54, 1.807) is 0 Å². The van der Waals surface area contributed by atoms with Gasteiger partial charge in [0, 0.05) is 10.6 Å². The normalized spacial score (nSPS) is 16.9. The molecular weight excluding hydrogens is 262 g/mol. The van der Waals surface area contributed by atoms with E-state index in [0.717, 1.165) is 5.88 Å². The van der Waals surface area contributed by atoms with Gasteiger partial charge in [-0.2, -0.15) is 0 Å². The molecular formula is C18H21NS. The van der Waals surface area contributed by atoms with Gasteiger partial charge < -0.3 is 4.90 Å². The minimum Gasteiger partial charge on any atom is -0.353 e. The van der Waals surface area contributed by atoms with Crippen LogP contribution in [-0.2, 0) is 5.54 Å². The molecule has 0 radical (unpaired) electrons. The molecule has 1 heterocycles. The third kappa shape index (κ3) is 2.12. The highest BCUT2D eigenvalue weighted by molar-refractivity contribution is 7.99. The van der Waals surface area contributed by atoms with E-state index in [-0.39, 0.29) is 5.54 Å². The number of rotatable bonds is 1. The van der Waals surface area contributed by atoms with Gasteiger partial charge in [-0.25, -0.2) is 0 Å². The summed E-state index contributed by atoms with van der Waals surface area (Å²) in [5.41, 5.74) is 5.54. The highest BCUT2D eigenvalue weighted by atomic mass is 32.2. The molecule has 0 spiro atoms. The van der Waals surface area contributed by atoms with Crippen molar-refractivity contribution < 1.29 is 0 Å². The number of para-hydroxylation sites is 1. The fraction of sp³-hybridized carbons (Fsp3) is 0.333. The van der Waals surface area contributed by atoms with E-state index in [1.165, 1.54) is 27.3 Å². The molecule has 0 atom stereocenters. The van der Waals surface area contributed by atoms with Crippen molar-refractivity contribution in [1.82, 2.24) is 0 Å². The molecule has 2 aromatic carbocycles. The topological polar surface area (TPSA) is 3.24 Å². The highest BCUT2D eigenvalue weighted by Crippen LogP contribution is 2.45. The van der Waals surface area contributed by atoms with Crippen LogP contribution in [0.15, 0.2) is 47.4 Å². The Balaban J connectivity index is 2.12. The first-order valence-electron chi connectivity index (χ1n) is 7.07. The van der Waals surface area contributed by atoms with Crippen molar-refractivity contribution in [1.29, 1.82) is 0 Å². The number of thioether (sulfide) groups is 1. The Bertz CT molecular complexity index is 631. The maximum absolute atomic E-state index is 2.50. The third-order valence-electron chi connectivity index (χ3n) is 4.16. The van der Waals surface area contributed by atoms with Gasteiger partial charge >= 0.3 is 0 Å². The van der Waals surface area contributed by atoms with E-state index in [1.807, 2.05) is 11.8 Å². The number of hydrogen-bond acceptors (Lipinski definition) is 2. The quantitative estimate of drug-likeness (QED) is 0.715. The second-order valence-electron chi connectivity index (χ2n) is 6.05. The van der Waals surface area contributed by atoms with Crippen LogP contribution in [-0.4, -0.2) is 5.88 Å². The zero-order chi connectivity index (χ0) is 14.3. The van der Waals surface area contributed by atoms with Gasteiger partial charge in [0.05, 0.1) is 11.4 Å². The van der Waals surface area contributed by atoms with E-state index >= 15 is 0 Å². The first kappa shape index (κ1) is 13.6. The largest absolute Gasteiger partial charge is 0.353 e. The zero-order valence-electron chi connectivity index (χ0n) is 12.6. The van der Waals surface area contributed by atoms with Crippen molar-refractivity contribution in [2.45, 2.75) is 38.1 Å². The van der Waals surface area contributed by atoms with Crippen LogP contribution >= 0.6 is 11.8 Å². The number of benzene rings is 2. The summed E-state index contributed by atoms with van der Waals surface area (Å²) >= 11 is 1.96. The number of nitrogens with zero attached hydrogens (tertiary/aromatic N) is 1. The second-order valence-corrected chi connectivity index (χ2v) is 7.01. The number of fused-ring (bicyclic) bond motifs is 1. The Kier molecular flexibility index (Phi) is 3.29. The molecule has 1 nitrogen and oxygen atoms in total. The fourth-order valence-corrected chi connectivity index (χ4v) is 4.52. The lowest BCUT2D eigenvalue weighted by molar-refractivity contribution is 0.490. The Hall–Kier alpha value is -1.41. The van der Waals surface area contributed by atoms with Crippen LogP contribution in [0.1, 0.15) is 30.5 Å². The van der Waals surface area contributed by atoms with Crippen LogP contribution in [0.3, 0.4) is 0 Å². The summed E-state index contributed by atoms with van der Waals surface area (Å²) in [5, 5.41) is 0. The number of anilines is 1. The lowest BCUT2D eigenvalue weighted by Crippen LogP contribution is -2.44. The van der Waals surface area contributed by atoms with Crippen LogP contribution in [0.25, 0.3) is 0 Å². The lowest BCUT2D eigenvalue weighted by Gasteiger charge is -2.45. The summed E-state index contributed by atoms with van der Waals surface area (Å²) in [6.07, 6.45) is 0. The highest BCUT2D eigenvalue weighted by Gasteiger charge is 2.35.